The highest BCUT2D eigenvalue weighted by atomic mass is 16.7. The first kappa shape index (κ1) is 22.9. The third-order valence-electron chi connectivity index (χ3n) is 6.86. The molecule has 0 aromatic heterocycles. The fourth-order valence-corrected chi connectivity index (χ4v) is 5.09. The van der Waals surface area contributed by atoms with Gasteiger partial charge >= 0.3 is 0 Å². The maximum absolute atomic E-state index is 10.5. The lowest BCUT2D eigenvalue weighted by molar-refractivity contribution is -0.289. The Bertz CT molecular complexity index is 1240. The summed E-state index contributed by atoms with van der Waals surface area (Å²) >= 11 is 0. The molecular formula is C25H22N4O5. The van der Waals surface area contributed by atoms with E-state index in [1.54, 1.807) is 43.3 Å². The summed E-state index contributed by atoms with van der Waals surface area (Å²) in [5.41, 5.74) is -3.32. The van der Waals surface area contributed by atoms with Crippen LogP contribution >= 0.6 is 0 Å². The van der Waals surface area contributed by atoms with Crippen LogP contribution in [-0.2, 0) is 15.3 Å². The second-order valence-corrected chi connectivity index (χ2v) is 8.08. The summed E-state index contributed by atoms with van der Waals surface area (Å²) in [5, 5.41) is 40.0. The molecule has 4 rings (SSSR count). The van der Waals surface area contributed by atoms with Gasteiger partial charge in [0.2, 0.25) is 17.1 Å². The Balaban J connectivity index is 2.11. The first-order valence-electron chi connectivity index (χ1n) is 10.4. The summed E-state index contributed by atoms with van der Waals surface area (Å²) in [6.07, 6.45) is -1.38. The summed E-state index contributed by atoms with van der Waals surface area (Å²) < 4.78 is 29.0. The molecule has 2 aromatic carbocycles. The number of nitrogens with zero attached hydrogens (tertiary/aromatic N) is 3. The Morgan fingerprint density at radius 3 is 1.97 bits per heavy atom. The quantitative estimate of drug-likeness (QED) is 0.713. The third kappa shape index (κ3) is 2.58. The van der Waals surface area contributed by atoms with Gasteiger partial charge in [-0.25, -0.2) is 0 Å². The Morgan fingerprint density at radius 1 is 0.912 bits per heavy atom. The molecule has 4 unspecified atom stereocenters. The van der Waals surface area contributed by atoms with Gasteiger partial charge in [-0.3, -0.25) is 5.41 Å². The summed E-state index contributed by atoms with van der Waals surface area (Å²) in [6.45, 7) is 1.65. The van der Waals surface area contributed by atoms with Crippen LogP contribution in [0.25, 0.3) is 0 Å². The highest BCUT2D eigenvalue weighted by molar-refractivity contribution is 5.89. The van der Waals surface area contributed by atoms with Crippen molar-refractivity contribution < 1.29 is 23.7 Å². The lowest BCUT2D eigenvalue weighted by Crippen LogP contribution is -2.57. The smallest absolute Gasteiger partial charge is 0.244 e. The van der Waals surface area contributed by atoms with E-state index in [4.69, 9.17) is 29.1 Å². The van der Waals surface area contributed by atoms with Gasteiger partial charge in [0.05, 0.1) is 51.0 Å². The highest BCUT2D eigenvalue weighted by Gasteiger charge is 2.80. The van der Waals surface area contributed by atoms with E-state index in [9.17, 15) is 15.8 Å². The number of nitrogens with one attached hydrogen (secondary N) is 1. The molecular weight excluding hydrogens is 436 g/mol. The van der Waals surface area contributed by atoms with Crippen LogP contribution in [0.2, 0.25) is 0 Å². The second kappa shape index (κ2) is 7.95. The van der Waals surface area contributed by atoms with Crippen molar-refractivity contribution in [3.63, 3.8) is 0 Å². The predicted octanol–water partition coefficient (Wildman–Crippen LogP) is 3.82. The van der Waals surface area contributed by atoms with Crippen molar-refractivity contribution in [1.29, 1.82) is 21.2 Å². The third-order valence-corrected chi connectivity index (χ3v) is 6.86. The van der Waals surface area contributed by atoms with Crippen LogP contribution in [0.15, 0.2) is 42.5 Å². The molecule has 2 fully saturated rings. The number of rotatable bonds is 5. The maximum atomic E-state index is 10.5. The Kier molecular flexibility index (Phi) is 5.36. The molecule has 4 atom stereocenters. The van der Waals surface area contributed by atoms with Gasteiger partial charge < -0.3 is 23.7 Å². The number of methoxy groups -OCH3 is 3. The molecule has 172 valence electrons. The van der Waals surface area contributed by atoms with E-state index in [0.29, 0.717) is 11.3 Å². The van der Waals surface area contributed by atoms with Crippen molar-refractivity contribution in [3.8, 4) is 35.5 Å². The van der Waals surface area contributed by atoms with Crippen molar-refractivity contribution >= 4 is 5.90 Å². The molecule has 9 heteroatoms. The van der Waals surface area contributed by atoms with Crippen molar-refractivity contribution in [1.82, 2.24) is 0 Å². The molecule has 0 aliphatic carbocycles. The number of hydrogen-bond donors (Lipinski definition) is 1. The van der Waals surface area contributed by atoms with Gasteiger partial charge in [0, 0.05) is 17.7 Å². The lowest BCUT2D eigenvalue weighted by atomic mass is 9.53. The van der Waals surface area contributed by atoms with Crippen molar-refractivity contribution in [3.05, 3.63) is 53.6 Å². The zero-order valence-corrected chi connectivity index (χ0v) is 19.1. The monoisotopic (exact) mass is 458 g/mol. The molecule has 2 aliphatic rings. The SMILES string of the molecule is COc1cc(OC)c(C2OC3(c4ccccc4)OC(=N)C(C#N)(C3C)C2(C#N)C#N)c(OC)c1. The first-order valence-corrected chi connectivity index (χ1v) is 10.4. The predicted molar refractivity (Wildman–Crippen MR) is 118 cm³/mol. The van der Waals surface area contributed by atoms with Crippen LogP contribution in [0.3, 0.4) is 0 Å². The average Bonchev–Trinajstić information content (AvgIpc) is 3.04. The summed E-state index contributed by atoms with van der Waals surface area (Å²) in [5.74, 6) is -2.10. The van der Waals surface area contributed by atoms with Crippen LogP contribution < -0.4 is 14.2 Å². The van der Waals surface area contributed by atoms with Gasteiger partial charge in [0.15, 0.2) is 5.41 Å². The number of ether oxygens (including phenoxy) is 5. The molecule has 0 saturated carbocycles. The molecule has 34 heavy (non-hydrogen) atoms. The van der Waals surface area contributed by atoms with Gasteiger partial charge in [-0.2, -0.15) is 15.8 Å². The summed E-state index contributed by atoms with van der Waals surface area (Å²) in [7, 11) is 4.32. The fourth-order valence-electron chi connectivity index (χ4n) is 5.09. The minimum Gasteiger partial charge on any atom is -0.496 e. The van der Waals surface area contributed by atoms with Crippen LogP contribution in [-0.4, -0.2) is 27.2 Å². The molecule has 0 amide bonds. The molecule has 0 radical (unpaired) electrons. The molecule has 2 bridgehead atoms. The fraction of sp³-hybridized carbons (Fsp3) is 0.360. The number of nitriles is 3. The molecule has 2 heterocycles. The van der Waals surface area contributed by atoms with E-state index in [-0.39, 0.29) is 17.1 Å². The highest BCUT2D eigenvalue weighted by Crippen LogP contribution is 2.70. The first-order chi connectivity index (χ1) is 16.3. The van der Waals surface area contributed by atoms with E-state index < -0.39 is 34.5 Å². The van der Waals surface area contributed by atoms with Crippen molar-refractivity contribution in [2.75, 3.05) is 21.3 Å². The van der Waals surface area contributed by atoms with Gasteiger partial charge in [0.25, 0.3) is 0 Å². The van der Waals surface area contributed by atoms with E-state index in [2.05, 4.69) is 6.07 Å². The van der Waals surface area contributed by atoms with E-state index in [1.807, 2.05) is 18.2 Å². The number of hydrogen-bond acceptors (Lipinski definition) is 9. The molecule has 0 spiro atoms. The molecule has 2 aromatic rings. The van der Waals surface area contributed by atoms with Gasteiger partial charge in [-0.1, -0.05) is 37.3 Å². The zero-order chi connectivity index (χ0) is 24.7. The van der Waals surface area contributed by atoms with Crippen LogP contribution in [0.4, 0.5) is 0 Å². The van der Waals surface area contributed by atoms with Gasteiger partial charge in [-0.15, -0.1) is 0 Å². The summed E-state index contributed by atoms with van der Waals surface area (Å²) in [4.78, 5) is 0. The minimum absolute atomic E-state index is 0.230. The topological polar surface area (TPSA) is 141 Å². The normalized spacial score (nSPS) is 28.6. The average molecular weight is 458 g/mol. The Labute approximate surface area is 197 Å². The van der Waals surface area contributed by atoms with E-state index in [1.165, 1.54) is 21.3 Å². The van der Waals surface area contributed by atoms with E-state index >= 15 is 0 Å². The standard InChI is InChI=1S/C25H22N4O5/c1-15-24(14-28)22(29)34-25(15,16-8-6-5-7-9-16)33-21(23(24,12-26)13-27)20-18(31-3)10-17(30-2)11-19(20)32-4/h5-11,15,21,29H,1-4H3. The number of benzene rings is 2. The molecule has 1 N–H and O–H groups in total. The lowest BCUT2D eigenvalue weighted by Gasteiger charge is -2.49. The van der Waals surface area contributed by atoms with Gasteiger partial charge in [-0.05, 0) is 0 Å². The van der Waals surface area contributed by atoms with Crippen LogP contribution in [0.5, 0.6) is 17.2 Å². The maximum Gasteiger partial charge on any atom is 0.244 e. The minimum atomic E-state index is -2.16. The van der Waals surface area contributed by atoms with E-state index in [0.717, 1.165) is 0 Å². The van der Waals surface area contributed by atoms with Crippen LogP contribution in [0, 0.1) is 56.2 Å². The van der Waals surface area contributed by atoms with Crippen LogP contribution in [0.1, 0.15) is 24.2 Å². The molecule has 9 nitrogen and oxygen atoms in total. The molecule has 2 aliphatic heterocycles. The van der Waals surface area contributed by atoms with Crippen molar-refractivity contribution in [2.45, 2.75) is 18.8 Å². The Hall–Kier alpha value is -4.26. The van der Waals surface area contributed by atoms with Gasteiger partial charge in [0.1, 0.15) is 23.4 Å². The zero-order valence-electron chi connectivity index (χ0n) is 19.1. The van der Waals surface area contributed by atoms with Crippen molar-refractivity contribution in [2.24, 2.45) is 16.7 Å². The second-order valence-electron chi connectivity index (χ2n) is 8.08. The largest absolute Gasteiger partial charge is 0.496 e. The Morgan fingerprint density at radius 2 is 1.50 bits per heavy atom. The summed E-state index contributed by atoms with van der Waals surface area (Å²) in [6, 6.07) is 18.2. The number of fused-ring (bicyclic) bond motifs is 2. The molecule has 2 saturated heterocycles.